The van der Waals surface area contributed by atoms with Gasteiger partial charge in [0.15, 0.2) is 0 Å². The molecule has 0 radical (unpaired) electrons. The van der Waals surface area contributed by atoms with Crippen LogP contribution in [0.1, 0.15) is 30.1 Å². The van der Waals surface area contributed by atoms with Crippen molar-refractivity contribution in [2.24, 2.45) is 0 Å². The molecule has 1 atom stereocenters. The van der Waals surface area contributed by atoms with E-state index in [1.54, 1.807) is 18.2 Å². The highest BCUT2D eigenvalue weighted by Crippen LogP contribution is 2.17. The van der Waals surface area contributed by atoms with E-state index < -0.39 is 6.10 Å². The van der Waals surface area contributed by atoms with Crippen molar-refractivity contribution in [3.63, 3.8) is 0 Å². The summed E-state index contributed by atoms with van der Waals surface area (Å²) in [6.07, 6.45) is 0.916. The zero-order chi connectivity index (χ0) is 14.2. The van der Waals surface area contributed by atoms with Gasteiger partial charge < -0.3 is 9.84 Å². The van der Waals surface area contributed by atoms with Crippen molar-refractivity contribution in [2.45, 2.75) is 25.6 Å². The molecule has 106 valence electrons. The average molecular weight is 274 g/mol. The fourth-order valence-electron chi connectivity index (χ4n) is 2.02. The summed E-state index contributed by atoms with van der Waals surface area (Å²) >= 11 is 0. The first kappa shape index (κ1) is 14.7. The lowest BCUT2D eigenvalue weighted by atomic mass is 10.1. The van der Waals surface area contributed by atoms with Crippen molar-refractivity contribution in [3.8, 4) is 0 Å². The molecule has 2 aromatic rings. The zero-order valence-corrected chi connectivity index (χ0v) is 11.3. The van der Waals surface area contributed by atoms with Crippen LogP contribution >= 0.6 is 0 Å². The van der Waals surface area contributed by atoms with Gasteiger partial charge in [-0.3, -0.25) is 0 Å². The summed E-state index contributed by atoms with van der Waals surface area (Å²) < 4.78 is 18.8. The summed E-state index contributed by atoms with van der Waals surface area (Å²) in [6.45, 7) is 0.784. The van der Waals surface area contributed by atoms with Gasteiger partial charge in [-0.2, -0.15) is 0 Å². The summed E-state index contributed by atoms with van der Waals surface area (Å²) in [5, 5.41) is 9.97. The number of hydrogen-bond acceptors (Lipinski definition) is 2. The Balaban J connectivity index is 1.66. The SMILES string of the molecule is OC(CCCOCc1ccccc1F)c1ccccc1. The molecule has 0 saturated heterocycles. The van der Waals surface area contributed by atoms with Crippen LogP contribution in [0.15, 0.2) is 54.6 Å². The average Bonchev–Trinajstić information content (AvgIpc) is 2.49. The second-order valence-electron chi connectivity index (χ2n) is 4.71. The molecular weight excluding hydrogens is 255 g/mol. The molecule has 0 spiro atoms. The number of aliphatic hydroxyl groups excluding tert-OH is 1. The van der Waals surface area contributed by atoms with Gasteiger partial charge >= 0.3 is 0 Å². The fraction of sp³-hybridized carbons (Fsp3) is 0.294. The van der Waals surface area contributed by atoms with E-state index in [2.05, 4.69) is 0 Å². The van der Waals surface area contributed by atoms with Gasteiger partial charge in [0, 0.05) is 12.2 Å². The molecule has 0 saturated carbocycles. The molecule has 2 nitrogen and oxygen atoms in total. The van der Waals surface area contributed by atoms with E-state index in [0.717, 1.165) is 12.0 Å². The molecule has 0 heterocycles. The number of benzene rings is 2. The van der Waals surface area contributed by atoms with Gasteiger partial charge in [0.05, 0.1) is 12.7 Å². The third kappa shape index (κ3) is 4.44. The first-order valence-corrected chi connectivity index (χ1v) is 6.81. The third-order valence-corrected chi connectivity index (χ3v) is 3.17. The highest BCUT2D eigenvalue weighted by Gasteiger charge is 2.06. The maximum Gasteiger partial charge on any atom is 0.128 e. The van der Waals surface area contributed by atoms with Gasteiger partial charge in [-0.05, 0) is 24.5 Å². The van der Waals surface area contributed by atoms with Gasteiger partial charge in [0.1, 0.15) is 5.82 Å². The molecule has 0 aliphatic heterocycles. The summed E-state index contributed by atoms with van der Waals surface area (Å²) in [5.74, 6) is -0.239. The number of ether oxygens (including phenoxy) is 1. The first-order valence-electron chi connectivity index (χ1n) is 6.81. The number of hydrogen-bond donors (Lipinski definition) is 1. The minimum absolute atomic E-state index is 0.239. The smallest absolute Gasteiger partial charge is 0.128 e. The zero-order valence-electron chi connectivity index (χ0n) is 11.3. The predicted molar refractivity (Wildman–Crippen MR) is 76.7 cm³/mol. The van der Waals surface area contributed by atoms with Crippen LogP contribution in [0.4, 0.5) is 4.39 Å². The second-order valence-corrected chi connectivity index (χ2v) is 4.71. The molecule has 0 fully saturated rings. The monoisotopic (exact) mass is 274 g/mol. The molecule has 2 aromatic carbocycles. The second kappa shape index (κ2) is 7.78. The fourth-order valence-corrected chi connectivity index (χ4v) is 2.02. The van der Waals surface area contributed by atoms with Crippen LogP contribution in [0.2, 0.25) is 0 Å². The molecule has 0 aliphatic rings. The van der Waals surface area contributed by atoms with E-state index >= 15 is 0 Å². The molecular formula is C17H19FO2. The minimum Gasteiger partial charge on any atom is -0.388 e. The standard InChI is InChI=1S/C17H19FO2/c18-16-10-5-4-9-15(16)13-20-12-6-11-17(19)14-7-2-1-3-8-14/h1-5,7-10,17,19H,6,11-13H2. The van der Waals surface area contributed by atoms with Gasteiger partial charge in [-0.15, -0.1) is 0 Å². The van der Waals surface area contributed by atoms with Gasteiger partial charge in [0.25, 0.3) is 0 Å². The van der Waals surface area contributed by atoms with Crippen molar-refractivity contribution in [3.05, 3.63) is 71.5 Å². The molecule has 0 aliphatic carbocycles. The lowest BCUT2D eigenvalue weighted by Gasteiger charge is -2.11. The van der Waals surface area contributed by atoms with Crippen molar-refractivity contribution < 1.29 is 14.2 Å². The van der Waals surface area contributed by atoms with E-state index in [4.69, 9.17) is 4.74 Å². The first-order chi connectivity index (χ1) is 9.77. The molecule has 3 heteroatoms. The van der Waals surface area contributed by atoms with Crippen LogP contribution in [-0.4, -0.2) is 11.7 Å². The minimum atomic E-state index is -0.465. The quantitative estimate of drug-likeness (QED) is 0.777. The van der Waals surface area contributed by atoms with E-state index in [0.29, 0.717) is 18.6 Å². The Morgan fingerprint density at radius 2 is 1.70 bits per heavy atom. The Morgan fingerprint density at radius 3 is 2.45 bits per heavy atom. The Morgan fingerprint density at radius 1 is 1.00 bits per heavy atom. The van der Waals surface area contributed by atoms with Crippen molar-refractivity contribution >= 4 is 0 Å². The van der Waals surface area contributed by atoms with Gasteiger partial charge in [0.2, 0.25) is 0 Å². The predicted octanol–water partition coefficient (Wildman–Crippen LogP) is 3.86. The van der Waals surface area contributed by atoms with E-state index in [-0.39, 0.29) is 12.4 Å². The van der Waals surface area contributed by atoms with Crippen molar-refractivity contribution in [1.29, 1.82) is 0 Å². The Kier molecular flexibility index (Phi) is 5.71. The van der Waals surface area contributed by atoms with Crippen molar-refractivity contribution in [2.75, 3.05) is 6.61 Å². The molecule has 2 rings (SSSR count). The van der Waals surface area contributed by atoms with E-state index in [1.165, 1.54) is 6.07 Å². The van der Waals surface area contributed by atoms with Crippen LogP contribution in [-0.2, 0) is 11.3 Å². The van der Waals surface area contributed by atoms with Gasteiger partial charge in [-0.25, -0.2) is 4.39 Å². The van der Waals surface area contributed by atoms with Crippen molar-refractivity contribution in [1.82, 2.24) is 0 Å². The molecule has 0 amide bonds. The molecule has 20 heavy (non-hydrogen) atoms. The summed E-state index contributed by atoms with van der Waals surface area (Å²) in [5.41, 5.74) is 1.48. The molecule has 1 N–H and O–H groups in total. The number of halogens is 1. The van der Waals surface area contributed by atoms with Crippen LogP contribution in [0.25, 0.3) is 0 Å². The Labute approximate surface area is 118 Å². The topological polar surface area (TPSA) is 29.5 Å². The third-order valence-electron chi connectivity index (χ3n) is 3.17. The maximum absolute atomic E-state index is 13.3. The van der Waals surface area contributed by atoms with E-state index in [1.807, 2.05) is 30.3 Å². The summed E-state index contributed by atoms with van der Waals surface area (Å²) in [7, 11) is 0. The summed E-state index contributed by atoms with van der Waals surface area (Å²) in [4.78, 5) is 0. The highest BCUT2D eigenvalue weighted by atomic mass is 19.1. The number of rotatable bonds is 7. The van der Waals surface area contributed by atoms with Crippen LogP contribution in [0.5, 0.6) is 0 Å². The Hall–Kier alpha value is -1.71. The largest absolute Gasteiger partial charge is 0.388 e. The maximum atomic E-state index is 13.3. The lowest BCUT2D eigenvalue weighted by molar-refractivity contribution is 0.0957. The van der Waals surface area contributed by atoms with Crippen LogP contribution in [0, 0.1) is 5.82 Å². The molecule has 0 aromatic heterocycles. The highest BCUT2D eigenvalue weighted by molar-refractivity contribution is 5.17. The normalized spacial score (nSPS) is 12.3. The molecule has 1 unspecified atom stereocenters. The van der Waals surface area contributed by atoms with Crippen LogP contribution in [0.3, 0.4) is 0 Å². The lowest BCUT2D eigenvalue weighted by Crippen LogP contribution is -2.02. The Bertz CT molecular complexity index is 513. The van der Waals surface area contributed by atoms with Gasteiger partial charge in [-0.1, -0.05) is 48.5 Å². The van der Waals surface area contributed by atoms with Crippen LogP contribution < -0.4 is 0 Å². The summed E-state index contributed by atoms with van der Waals surface area (Å²) in [6, 6.07) is 16.2. The molecule has 0 bridgehead atoms. The number of aliphatic hydroxyl groups is 1. The van der Waals surface area contributed by atoms with E-state index in [9.17, 15) is 9.50 Å².